The summed E-state index contributed by atoms with van der Waals surface area (Å²) >= 11 is 0. The molecule has 0 spiro atoms. The maximum atomic E-state index is 3.48. The highest BCUT2D eigenvalue weighted by molar-refractivity contribution is 5.51. The Kier molecular flexibility index (Phi) is 3.79. The van der Waals surface area contributed by atoms with Crippen LogP contribution in [0.5, 0.6) is 0 Å². The first-order chi connectivity index (χ1) is 9.22. The molecule has 0 aliphatic carbocycles. The fourth-order valence-electron chi connectivity index (χ4n) is 3.86. The molecule has 3 rings (SSSR count). The minimum absolute atomic E-state index is 0.919. The molecular formula is C17H26N2. The molecule has 0 amide bonds. The van der Waals surface area contributed by atoms with Crippen LogP contribution in [0.1, 0.15) is 30.4 Å². The molecule has 1 unspecified atom stereocenters. The highest BCUT2D eigenvalue weighted by atomic mass is 15.2. The molecule has 2 aliphatic rings. The molecule has 1 atom stereocenters. The van der Waals surface area contributed by atoms with Crippen molar-refractivity contribution in [3.63, 3.8) is 0 Å². The number of rotatable bonds is 2. The van der Waals surface area contributed by atoms with E-state index in [9.17, 15) is 0 Å². The van der Waals surface area contributed by atoms with Gasteiger partial charge in [0.2, 0.25) is 0 Å². The Morgan fingerprint density at radius 1 is 0.947 bits per heavy atom. The van der Waals surface area contributed by atoms with Crippen molar-refractivity contribution in [1.29, 1.82) is 0 Å². The normalized spacial score (nSPS) is 24.9. The van der Waals surface area contributed by atoms with Crippen LogP contribution < -0.4 is 10.2 Å². The third-order valence-corrected chi connectivity index (χ3v) is 4.85. The zero-order chi connectivity index (χ0) is 13.2. The van der Waals surface area contributed by atoms with Gasteiger partial charge in [-0.15, -0.1) is 0 Å². The Balaban J connectivity index is 1.67. The summed E-state index contributed by atoms with van der Waals surface area (Å²) in [6.45, 7) is 9.38. The van der Waals surface area contributed by atoms with E-state index in [2.05, 4.69) is 42.3 Å². The second kappa shape index (κ2) is 5.54. The molecule has 1 aromatic carbocycles. The smallest absolute Gasteiger partial charge is 0.0371 e. The van der Waals surface area contributed by atoms with Crippen molar-refractivity contribution in [1.82, 2.24) is 5.32 Å². The molecule has 0 radical (unpaired) electrons. The highest BCUT2D eigenvalue weighted by Gasteiger charge is 2.30. The average molecular weight is 258 g/mol. The van der Waals surface area contributed by atoms with E-state index in [0.717, 1.165) is 11.8 Å². The minimum Gasteiger partial charge on any atom is -0.371 e. The summed E-state index contributed by atoms with van der Waals surface area (Å²) in [6, 6.07) is 6.96. The van der Waals surface area contributed by atoms with E-state index in [1.165, 1.54) is 62.3 Å². The fraction of sp³-hybridized carbons (Fsp3) is 0.647. The van der Waals surface area contributed by atoms with E-state index >= 15 is 0 Å². The fourth-order valence-corrected chi connectivity index (χ4v) is 3.86. The lowest BCUT2D eigenvalue weighted by Crippen LogP contribution is -2.32. The summed E-state index contributed by atoms with van der Waals surface area (Å²) in [5.74, 6) is 1.88. The second-order valence-corrected chi connectivity index (χ2v) is 6.43. The number of aryl methyl sites for hydroxylation is 2. The van der Waals surface area contributed by atoms with Crippen LogP contribution in [-0.4, -0.2) is 26.2 Å². The number of benzene rings is 1. The summed E-state index contributed by atoms with van der Waals surface area (Å²) < 4.78 is 0. The Morgan fingerprint density at radius 3 is 2.32 bits per heavy atom. The summed E-state index contributed by atoms with van der Waals surface area (Å²) in [4.78, 5) is 2.60. The molecule has 2 nitrogen and oxygen atoms in total. The van der Waals surface area contributed by atoms with Crippen LogP contribution in [0.4, 0.5) is 5.69 Å². The summed E-state index contributed by atoms with van der Waals surface area (Å²) in [6.07, 6.45) is 4.15. The van der Waals surface area contributed by atoms with Crippen molar-refractivity contribution in [2.24, 2.45) is 11.8 Å². The molecule has 104 valence electrons. The average Bonchev–Trinajstić information content (AvgIpc) is 2.88. The molecular weight excluding hydrogens is 232 g/mol. The standard InChI is InChI=1S/C17H26N2/c1-13-9-14(2)11-17(10-13)19-8-5-16(12-19)15-3-6-18-7-4-15/h9-11,15-16,18H,3-8,12H2,1-2H3. The van der Waals surface area contributed by atoms with Crippen LogP contribution >= 0.6 is 0 Å². The van der Waals surface area contributed by atoms with Gasteiger partial charge in [-0.2, -0.15) is 0 Å². The molecule has 1 N–H and O–H groups in total. The van der Waals surface area contributed by atoms with Gasteiger partial charge in [-0.25, -0.2) is 0 Å². The zero-order valence-electron chi connectivity index (χ0n) is 12.3. The van der Waals surface area contributed by atoms with E-state index in [-0.39, 0.29) is 0 Å². The van der Waals surface area contributed by atoms with E-state index < -0.39 is 0 Å². The van der Waals surface area contributed by atoms with Gasteiger partial charge < -0.3 is 10.2 Å². The molecule has 2 saturated heterocycles. The second-order valence-electron chi connectivity index (χ2n) is 6.43. The highest BCUT2D eigenvalue weighted by Crippen LogP contribution is 2.33. The number of nitrogens with one attached hydrogen (secondary N) is 1. The van der Waals surface area contributed by atoms with E-state index in [4.69, 9.17) is 0 Å². The lowest BCUT2D eigenvalue weighted by atomic mass is 9.84. The molecule has 0 saturated carbocycles. The predicted octanol–water partition coefficient (Wildman–Crippen LogP) is 3.13. The van der Waals surface area contributed by atoms with Gasteiger partial charge in [0.25, 0.3) is 0 Å². The minimum atomic E-state index is 0.919. The van der Waals surface area contributed by atoms with Gasteiger partial charge in [-0.05, 0) is 81.3 Å². The number of nitrogens with zero attached hydrogens (tertiary/aromatic N) is 1. The van der Waals surface area contributed by atoms with Crippen molar-refractivity contribution < 1.29 is 0 Å². The monoisotopic (exact) mass is 258 g/mol. The Bertz CT molecular complexity index is 415. The predicted molar refractivity (Wildman–Crippen MR) is 81.8 cm³/mol. The third kappa shape index (κ3) is 2.94. The number of hydrogen-bond acceptors (Lipinski definition) is 2. The van der Waals surface area contributed by atoms with Crippen molar-refractivity contribution in [2.45, 2.75) is 33.1 Å². The van der Waals surface area contributed by atoms with E-state index in [1.54, 1.807) is 0 Å². The van der Waals surface area contributed by atoms with Crippen LogP contribution in [0.2, 0.25) is 0 Å². The first kappa shape index (κ1) is 13.0. The lowest BCUT2D eigenvalue weighted by molar-refractivity contribution is 0.276. The molecule has 2 fully saturated rings. The van der Waals surface area contributed by atoms with Gasteiger partial charge in [0, 0.05) is 18.8 Å². The molecule has 0 bridgehead atoms. The van der Waals surface area contributed by atoms with Gasteiger partial charge in [-0.1, -0.05) is 6.07 Å². The Labute approximate surface area is 117 Å². The zero-order valence-corrected chi connectivity index (χ0v) is 12.3. The quantitative estimate of drug-likeness (QED) is 0.877. The van der Waals surface area contributed by atoms with Crippen molar-refractivity contribution in [3.8, 4) is 0 Å². The molecule has 19 heavy (non-hydrogen) atoms. The van der Waals surface area contributed by atoms with Gasteiger partial charge in [0.05, 0.1) is 0 Å². The molecule has 0 aromatic heterocycles. The summed E-state index contributed by atoms with van der Waals surface area (Å²) in [5.41, 5.74) is 4.22. The molecule has 2 aliphatic heterocycles. The number of piperidine rings is 1. The van der Waals surface area contributed by atoms with Crippen LogP contribution in [-0.2, 0) is 0 Å². The van der Waals surface area contributed by atoms with E-state index in [0.29, 0.717) is 0 Å². The van der Waals surface area contributed by atoms with E-state index in [1.807, 2.05) is 0 Å². The van der Waals surface area contributed by atoms with Crippen LogP contribution in [0, 0.1) is 25.7 Å². The first-order valence-electron chi connectivity index (χ1n) is 7.76. The maximum absolute atomic E-state index is 3.48. The molecule has 2 heteroatoms. The molecule has 2 heterocycles. The van der Waals surface area contributed by atoms with Crippen LogP contribution in [0.25, 0.3) is 0 Å². The number of anilines is 1. The number of hydrogen-bond donors (Lipinski definition) is 1. The van der Waals surface area contributed by atoms with Gasteiger partial charge in [0.1, 0.15) is 0 Å². The summed E-state index contributed by atoms with van der Waals surface area (Å²) in [5, 5.41) is 3.48. The SMILES string of the molecule is Cc1cc(C)cc(N2CCC(C3CCNCC3)C2)c1. The topological polar surface area (TPSA) is 15.3 Å². The van der Waals surface area contributed by atoms with Crippen molar-refractivity contribution >= 4 is 5.69 Å². The van der Waals surface area contributed by atoms with Crippen LogP contribution in [0.15, 0.2) is 18.2 Å². The first-order valence-corrected chi connectivity index (χ1v) is 7.76. The maximum Gasteiger partial charge on any atom is 0.0371 e. The van der Waals surface area contributed by atoms with Crippen molar-refractivity contribution in [3.05, 3.63) is 29.3 Å². The lowest BCUT2D eigenvalue weighted by Gasteiger charge is -2.28. The third-order valence-electron chi connectivity index (χ3n) is 4.85. The van der Waals surface area contributed by atoms with Crippen LogP contribution in [0.3, 0.4) is 0 Å². The summed E-state index contributed by atoms with van der Waals surface area (Å²) in [7, 11) is 0. The van der Waals surface area contributed by atoms with Crippen molar-refractivity contribution in [2.75, 3.05) is 31.1 Å². The largest absolute Gasteiger partial charge is 0.371 e. The Hall–Kier alpha value is -1.02. The van der Waals surface area contributed by atoms with Gasteiger partial charge in [0.15, 0.2) is 0 Å². The van der Waals surface area contributed by atoms with Gasteiger partial charge in [-0.3, -0.25) is 0 Å². The van der Waals surface area contributed by atoms with Gasteiger partial charge >= 0.3 is 0 Å². The molecule has 1 aromatic rings. The Morgan fingerprint density at radius 2 is 1.63 bits per heavy atom.